The molecule has 22 heavy (non-hydrogen) atoms. The predicted molar refractivity (Wildman–Crippen MR) is 84.1 cm³/mol. The Balaban J connectivity index is 2.07. The van der Waals surface area contributed by atoms with Crippen molar-refractivity contribution in [2.24, 2.45) is 0 Å². The number of nitrogens with zero attached hydrogens (tertiary/aromatic N) is 2. The van der Waals surface area contributed by atoms with Gasteiger partial charge >= 0.3 is 5.97 Å². The summed E-state index contributed by atoms with van der Waals surface area (Å²) in [6, 6.07) is 7.46. The molecule has 0 bridgehead atoms. The van der Waals surface area contributed by atoms with Gasteiger partial charge in [-0.2, -0.15) is 0 Å². The fourth-order valence-electron chi connectivity index (χ4n) is 1.89. The van der Waals surface area contributed by atoms with Crippen LogP contribution >= 0.6 is 0 Å². The first-order chi connectivity index (χ1) is 10.6. The van der Waals surface area contributed by atoms with Gasteiger partial charge in [0.15, 0.2) is 6.10 Å². The molecule has 114 valence electrons. The first kappa shape index (κ1) is 15.7. The monoisotopic (exact) mass is 298 g/mol. The van der Waals surface area contributed by atoms with Crippen LogP contribution in [0.2, 0.25) is 0 Å². The maximum absolute atomic E-state index is 11.3. The first-order valence-corrected chi connectivity index (χ1v) is 6.89. The van der Waals surface area contributed by atoms with Gasteiger partial charge in [-0.3, -0.25) is 9.97 Å². The van der Waals surface area contributed by atoms with Crippen LogP contribution in [0.1, 0.15) is 25.1 Å². The van der Waals surface area contributed by atoms with Gasteiger partial charge in [0.2, 0.25) is 0 Å². The quantitative estimate of drug-likeness (QED) is 0.794. The largest absolute Gasteiger partial charge is 0.479 e. The number of ether oxygens (including phenoxy) is 2. The summed E-state index contributed by atoms with van der Waals surface area (Å²) in [6.07, 6.45) is 6.41. The van der Waals surface area contributed by atoms with Gasteiger partial charge in [0.05, 0.1) is 19.0 Å². The Morgan fingerprint density at radius 3 is 2.55 bits per heavy atom. The summed E-state index contributed by atoms with van der Waals surface area (Å²) < 4.78 is 10.1. The van der Waals surface area contributed by atoms with E-state index in [2.05, 4.69) is 14.7 Å². The Labute approximate surface area is 129 Å². The molecular weight excluding hydrogens is 280 g/mol. The molecule has 0 N–H and O–H groups in total. The van der Waals surface area contributed by atoms with E-state index in [0.29, 0.717) is 5.75 Å². The second-order valence-electron chi connectivity index (χ2n) is 4.77. The van der Waals surface area contributed by atoms with Crippen LogP contribution in [0.4, 0.5) is 0 Å². The number of benzene rings is 1. The summed E-state index contributed by atoms with van der Waals surface area (Å²) in [5.74, 6) is 0.217. The Morgan fingerprint density at radius 2 is 1.95 bits per heavy atom. The molecule has 0 amide bonds. The van der Waals surface area contributed by atoms with Crippen molar-refractivity contribution in [3.05, 3.63) is 54.1 Å². The van der Waals surface area contributed by atoms with Gasteiger partial charge in [-0.05, 0) is 43.2 Å². The van der Waals surface area contributed by atoms with Crippen LogP contribution in [0, 0.1) is 0 Å². The highest BCUT2D eigenvalue weighted by Gasteiger charge is 2.14. The van der Waals surface area contributed by atoms with Gasteiger partial charge in [0.1, 0.15) is 5.75 Å². The summed E-state index contributed by atoms with van der Waals surface area (Å²) in [4.78, 5) is 19.6. The van der Waals surface area contributed by atoms with Gasteiger partial charge < -0.3 is 9.47 Å². The van der Waals surface area contributed by atoms with E-state index < -0.39 is 12.1 Å². The van der Waals surface area contributed by atoms with E-state index in [9.17, 15) is 4.79 Å². The van der Waals surface area contributed by atoms with Gasteiger partial charge in [-0.25, -0.2) is 4.79 Å². The average Bonchev–Trinajstić information content (AvgIpc) is 2.56. The SMILES string of the molecule is COC(=O)[C@@H](C)Oc1ccc(/C=C(\C)c2cnccn2)cc1. The fraction of sp³-hybridized carbons (Fsp3) is 0.235. The molecular formula is C17H18N2O3. The normalized spacial score (nSPS) is 12.6. The van der Waals surface area contributed by atoms with Crippen LogP contribution in [0.5, 0.6) is 5.75 Å². The number of carbonyl (C=O) groups is 1. The standard InChI is InChI=1S/C17H18N2O3/c1-12(16-11-18-8-9-19-16)10-14-4-6-15(7-5-14)22-13(2)17(20)21-3/h4-11,13H,1-3H3/b12-10+/t13-/m1/s1. The van der Waals surface area contributed by atoms with Gasteiger partial charge in [-0.1, -0.05) is 12.1 Å². The van der Waals surface area contributed by atoms with Gasteiger partial charge in [0, 0.05) is 12.4 Å². The van der Waals surface area contributed by atoms with Crippen molar-refractivity contribution >= 4 is 17.6 Å². The number of hydrogen-bond acceptors (Lipinski definition) is 5. The molecule has 0 spiro atoms. The third kappa shape index (κ3) is 4.15. The van der Waals surface area contributed by atoms with E-state index in [0.717, 1.165) is 16.8 Å². The maximum atomic E-state index is 11.3. The van der Waals surface area contributed by atoms with Crippen molar-refractivity contribution in [3.63, 3.8) is 0 Å². The van der Waals surface area contributed by atoms with E-state index in [1.807, 2.05) is 37.3 Å². The van der Waals surface area contributed by atoms with Crippen molar-refractivity contribution in [1.82, 2.24) is 9.97 Å². The number of carbonyl (C=O) groups excluding carboxylic acids is 1. The molecule has 1 aromatic carbocycles. The van der Waals surface area contributed by atoms with Gasteiger partial charge in [0.25, 0.3) is 0 Å². The summed E-state index contributed by atoms with van der Waals surface area (Å²) in [5.41, 5.74) is 2.87. The molecule has 0 radical (unpaired) electrons. The number of methoxy groups -OCH3 is 1. The minimum absolute atomic E-state index is 0.400. The zero-order valence-corrected chi connectivity index (χ0v) is 12.8. The van der Waals surface area contributed by atoms with Crippen molar-refractivity contribution in [2.45, 2.75) is 20.0 Å². The zero-order chi connectivity index (χ0) is 15.9. The topological polar surface area (TPSA) is 61.3 Å². The molecule has 1 aromatic heterocycles. The molecule has 0 aliphatic heterocycles. The molecule has 0 aliphatic rings. The molecule has 1 heterocycles. The average molecular weight is 298 g/mol. The Kier molecular flexibility index (Phi) is 5.25. The molecule has 0 unspecified atom stereocenters. The Bertz CT molecular complexity index is 651. The smallest absolute Gasteiger partial charge is 0.346 e. The van der Waals surface area contributed by atoms with Crippen LogP contribution in [-0.2, 0) is 9.53 Å². The lowest BCUT2D eigenvalue weighted by Gasteiger charge is -2.12. The lowest BCUT2D eigenvalue weighted by molar-refractivity contribution is -0.147. The molecule has 0 saturated heterocycles. The van der Waals surface area contributed by atoms with Crippen molar-refractivity contribution in [2.75, 3.05) is 7.11 Å². The molecule has 0 saturated carbocycles. The summed E-state index contributed by atoms with van der Waals surface area (Å²) >= 11 is 0. The lowest BCUT2D eigenvalue weighted by atomic mass is 10.1. The minimum atomic E-state index is -0.632. The maximum Gasteiger partial charge on any atom is 0.346 e. The Morgan fingerprint density at radius 1 is 1.23 bits per heavy atom. The molecule has 2 rings (SSSR count). The van der Waals surface area contributed by atoms with E-state index in [1.54, 1.807) is 25.5 Å². The Hall–Kier alpha value is -2.69. The van der Waals surface area contributed by atoms with E-state index in [1.165, 1.54) is 7.11 Å². The van der Waals surface area contributed by atoms with E-state index >= 15 is 0 Å². The molecule has 0 aliphatic carbocycles. The van der Waals surface area contributed by atoms with Crippen LogP contribution in [-0.4, -0.2) is 29.2 Å². The number of hydrogen-bond donors (Lipinski definition) is 0. The second kappa shape index (κ2) is 7.36. The van der Waals surface area contributed by atoms with Gasteiger partial charge in [-0.15, -0.1) is 0 Å². The number of aromatic nitrogens is 2. The molecule has 5 nitrogen and oxygen atoms in total. The van der Waals surface area contributed by atoms with Crippen LogP contribution in [0.15, 0.2) is 42.9 Å². The summed E-state index contributed by atoms with van der Waals surface area (Å²) in [5, 5.41) is 0. The summed E-state index contributed by atoms with van der Waals surface area (Å²) in [6.45, 7) is 3.63. The van der Waals surface area contributed by atoms with Crippen LogP contribution in [0.25, 0.3) is 11.6 Å². The highest BCUT2D eigenvalue weighted by Crippen LogP contribution is 2.18. The molecule has 5 heteroatoms. The van der Waals surface area contributed by atoms with E-state index in [4.69, 9.17) is 4.74 Å². The highest BCUT2D eigenvalue weighted by molar-refractivity contribution is 5.78. The number of allylic oxidation sites excluding steroid dienone is 1. The highest BCUT2D eigenvalue weighted by atomic mass is 16.6. The second-order valence-corrected chi connectivity index (χ2v) is 4.77. The van der Waals surface area contributed by atoms with Crippen LogP contribution in [0.3, 0.4) is 0 Å². The molecule has 2 aromatic rings. The van der Waals surface area contributed by atoms with Crippen LogP contribution < -0.4 is 4.74 Å². The summed E-state index contributed by atoms with van der Waals surface area (Å²) in [7, 11) is 1.34. The van der Waals surface area contributed by atoms with Crippen molar-refractivity contribution < 1.29 is 14.3 Å². The van der Waals surface area contributed by atoms with Crippen molar-refractivity contribution in [1.29, 1.82) is 0 Å². The zero-order valence-electron chi connectivity index (χ0n) is 12.8. The lowest BCUT2D eigenvalue weighted by Crippen LogP contribution is -2.24. The van der Waals surface area contributed by atoms with Crippen molar-refractivity contribution in [3.8, 4) is 5.75 Å². The fourth-order valence-corrected chi connectivity index (χ4v) is 1.89. The minimum Gasteiger partial charge on any atom is -0.479 e. The van der Waals surface area contributed by atoms with E-state index in [-0.39, 0.29) is 0 Å². The number of esters is 1. The third-order valence-corrected chi connectivity index (χ3v) is 3.08. The predicted octanol–water partition coefficient (Wildman–Crippen LogP) is 2.98. The first-order valence-electron chi connectivity index (χ1n) is 6.89. The third-order valence-electron chi connectivity index (χ3n) is 3.08. The number of rotatable bonds is 5. The molecule has 1 atom stereocenters. The molecule has 0 fully saturated rings.